The zero-order valence-electron chi connectivity index (χ0n) is 17.3. The first-order valence-corrected chi connectivity index (χ1v) is 9.98. The van der Waals surface area contributed by atoms with E-state index in [1.165, 1.54) is 0 Å². The van der Waals surface area contributed by atoms with Crippen LogP contribution in [0.5, 0.6) is 11.5 Å². The normalized spacial score (nSPS) is 13.9. The molecule has 0 aromatic heterocycles. The van der Waals surface area contributed by atoms with E-state index in [9.17, 15) is 9.59 Å². The van der Waals surface area contributed by atoms with Crippen molar-refractivity contribution in [2.75, 3.05) is 39.4 Å². The van der Waals surface area contributed by atoms with E-state index in [-0.39, 0.29) is 18.4 Å². The highest BCUT2D eigenvalue weighted by atomic mass is 16.5. The monoisotopic (exact) mass is 396 g/mol. The molecular formula is C23H28N2O4. The van der Waals surface area contributed by atoms with Crippen LogP contribution in [0, 0.1) is 13.8 Å². The third-order valence-corrected chi connectivity index (χ3v) is 5.01. The molecule has 2 aromatic carbocycles. The minimum atomic E-state index is -0.0573. The molecule has 0 N–H and O–H groups in total. The fourth-order valence-corrected chi connectivity index (χ4v) is 3.39. The van der Waals surface area contributed by atoms with Crippen molar-refractivity contribution in [3.05, 3.63) is 59.2 Å². The van der Waals surface area contributed by atoms with Gasteiger partial charge >= 0.3 is 0 Å². The molecule has 6 nitrogen and oxygen atoms in total. The van der Waals surface area contributed by atoms with Gasteiger partial charge < -0.3 is 19.3 Å². The quantitative estimate of drug-likeness (QED) is 0.753. The van der Waals surface area contributed by atoms with Crippen LogP contribution in [-0.4, -0.2) is 61.0 Å². The van der Waals surface area contributed by atoms with E-state index in [0.717, 1.165) is 22.6 Å². The lowest BCUT2D eigenvalue weighted by Crippen LogP contribution is -2.51. The Morgan fingerprint density at radius 2 is 1.55 bits per heavy atom. The molecule has 0 aliphatic carbocycles. The molecule has 0 saturated carbocycles. The lowest BCUT2D eigenvalue weighted by Gasteiger charge is -2.34. The van der Waals surface area contributed by atoms with E-state index < -0.39 is 0 Å². The number of nitrogens with zero attached hydrogens (tertiary/aromatic N) is 2. The first-order chi connectivity index (χ1) is 14.0. The summed E-state index contributed by atoms with van der Waals surface area (Å²) < 4.78 is 11.1. The van der Waals surface area contributed by atoms with Crippen LogP contribution in [0.3, 0.4) is 0 Å². The molecule has 1 saturated heterocycles. The molecule has 1 heterocycles. The molecule has 0 atom stereocenters. The number of hydrogen-bond donors (Lipinski definition) is 0. The Hall–Kier alpha value is -3.02. The second kappa shape index (κ2) is 9.45. The summed E-state index contributed by atoms with van der Waals surface area (Å²) >= 11 is 0. The van der Waals surface area contributed by atoms with Gasteiger partial charge in [0.05, 0.1) is 6.61 Å². The van der Waals surface area contributed by atoms with Crippen LogP contribution in [0.1, 0.15) is 28.4 Å². The average Bonchev–Trinajstić information content (AvgIpc) is 2.73. The predicted octanol–water partition coefficient (Wildman–Crippen LogP) is 3.07. The Bertz CT molecular complexity index is 856. The third-order valence-electron chi connectivity index (χ3n) is 5.01. The average molecular weight is 396 g/mol. The van der Waals surface area contributed by atoms with Crippen molar-refractivity contribution < 1.29 is 19.1 Å². The van der Waals surface area contributed by atoms with E-state index in [2.05, 4.69) is 0 Å². The van der Waals surface area contributed by atoms with Gasteiger partial charge in [-0.25, -0.2) is 0 Å². The Balaban J connectivity index is 1.49. The molecule has 0 unspecified atom stereocenters. The van der Waals surface area contributed by atoms with Gasteiger partial charge in [0.15, 0.2) is 6.61 Å². The maximum atomic E-state index is 12.7. The molecule has 1 fully saturated rings. The number of rotatable bonds is 6. The van der Waals surface area contributed by atoms with Crippen LogP contribution >= 0.6 is 0 Å². The maximum Gasteiger partial charge on any atom is 0.260 e. The molecule has 0 bridgehead atoms. The first kappa shape index (κ1) is 20.7. The smallest absolute Gasteiger partial charge is 0.260 e. The predicted molar refractivity (Wildman–Crippen MR) is 112 cm³/mol. The molecule has 2 amide bonds. The first-order valence-electron chi connectivity index (χ1n) is 9.98. The summed E-state index contributed by atoms with van der Waals surface area (Å²) in [5.74, 6) is 1.40. The number of hydrogen-bond acceptors (Lipinski definition) is 4. The van der Waals surface area contributed by atoms with E-state index in [0.29, 0.717) is 38.3 Å². The molecule has 3 rings (SSSR count). The van der Waals surface area contributed by atoms with Gasteiger partial charge in [0.2, 0.25) is 0 Å². The molecule has 6 heteroatoms. The van der Waals surface area contributed by atoms with Crippen molar-refractivity contribution in [1.82, 2.24) is 9.80 Å². The van der Waals surface area contributed by atoms with Gasteiger partial charge in [0.1, 0.15) is 11.5 Å². The minimum absolute atomic E-state index is 0.0107. The number of amides is 2. The van der Waals surface area contributed by atoms with Gasteiger partial charge in [-0.2, -0.15) is 0 Å². The molecule has 154 valence electrons. The summed E-state index contributed by atoms with van der Waals surface area (Å²) in [5.41, 5.74) is 2.81. The number of benzene rings is 2. The lowest BCUT2D eigenvalue weighted by atomic mass is 10.1. The fourth-order valence-electron chi connectivity index (χ4n) is 3.39. The highest BCUT2D eigenvalue weighted by Gasteiger charge is 2.25. The second-order valence-electron chi connectivity index (χ2n) is 7.19. The Morgan fingerprint density at radius 1 is 0.897 bits per heavy atom. The highest BCUT2D eigenvalue weighted by molar-refractivity contribution is 5.94. The Labute approximate surface area is 172 Å². The fraction of sp³-hybridized carbons (Fsp3) is 0.391. The molecule has 2 aromatic rings. The zero-order valence-corrected chi connectivity index (χ0v) is 17.3. The highest BCUT2D eigenvalue weighted by Crippen LogP contribution is 2.19. The molecule has 1 aliphatic rings. The molecular weight excluding hydrogens is 368 g/mol. The van der Waals surface area contributed by atoms with Crippen LogP contribution in [0.25, 0.3) is 0 Å². The van der Waals surface area contributed by atoms with Gasteiger partial charge in [-0.3, -0.25) is 9.59 Å². The van der Waals surface area contributed by atoms with Crippen LogP contribution in [0.4, 0.5) is 0 Å². The van der Waals surface area contributed by atoms with Crippen LogP contribution < -0.4 is 9.47 Å². The summed E-state index contributed by atoms with van der Waals surface area (Å²) in [6.07, 6.45) is 0. The van der Waals surface area contributed by atoms with E-state index >= 15 is 0 Å². The van der Waals surface area contributed by atoms with Crippen molar-refractivity contribution in [1.29, 1.82) is 0 Å². The summed E-state index contributed by atoms with van der Waals surface area (Å²) in [4.78, 5) is 28.7. The van der Waals surface area contributed by atoms with E-state index in [1.807, 2.05) is 39.0 Å². The maximum absolute atomic E-state index is 12.7. The SMILES string of the molecule is CCOc1ccc(C(=O)N2CCN(C(=O)COc3ccc(C)cc3C)CC2)cc1. The van der Waals surface area contributed by atoms with Crippen molar-refractivity contribution in [3.63, 3.8) is 0 Å². The summed E-state index contributed by atoms with van der Waals surface area (Å²) in [6.45, 7) is 8.58. The van der Waals surface area contributed by atoms with Crippen molar-refractivity contribution >= 4 is 11.8 Å². The standard InChI is InChI=1S/C23H28N2O4/c1-4-28-20-8-6-19(7-9-20)23(27)25-13-11-24(12-14-25)22(26)16-29-21-10-5-17(2)15-18(21)3/h5-10,15H,4,11-14,16H2,1-3H3. The van der Waals surface area contributed by atoms with Gasteiger partial charge in [0.25, 0.3) is 11.8 Å². The number of piperazine rings is 1. The Kier molecular flexibility index (Phi) is 6.75. The largest absolute Gasteiger partial charge is 0.494 e. The second-order valence-corrected chi connectivity index (χ2v) is 7.19. The third kappa shape index (κ3) is 5.28. The summed E-state index contributed by atoms with van der Waals surface area (Å²) in [5, 5.41) is 0. The van der Waals surface area contributed by atoms with Crippen molar-refractivity contribution in [2.45, 2.75) is 20.8 Å². The number of carbonyl (C=O) groups is 2. The number of aryl methyl sites for hydroxylation is 2. The van der Waals surface area contributed by atoms with Gasteiger partial charge in [-0.1, -0.05) is 17.7 Å². The van der Waals surface area contributed by atoms with Crippen molar-refractivity contribution in [2.24, 2.45) is 0 Å². The summed E-state index contributed by atoms with van der Waals surface area (Å²) in [6, 6.07) is 13.1. The number of ether oxygens (including phenoxy) is 2. The molecule has 1 aliphatic heterocycles. The zero-order chi connectivity index (χ0) is 20.8. The number of carbonyl (C=O) groups excluding carboxylic acids is 2. The van der Waals surface area contributed by atoms with E-state index in [4.69, 9.17) is 9.47 Å². The summed E-state index contributed by atoms with van der Waals surface area (Å²) in [7, 11) is 0. The molecule has 0 spiro atoms. The molecule has 0 radical (unpaired) electrons. The van der Waals surface area contributed by atoms with Crippen LogP contribution in [0.15, 0.2) is 42.5 Å². The minimum Gasteiger partial charge on any atom is -0.494 e. The van der Waals surface area contributed by atoms with Crippen LogP contribution in [-0.2, 0) is 4.79 Å². The van der Waals surface area contributed by atoms with Crippen LogP contribution in [0.2, 0.25) is 0 Å². The van der Waals surface area contributed by atoms with Crippen molar-refractivity contribution in [3.8, 4) is 11.5 Å². The van der Waals surface area contributed by atoms with E-state index in [1.54, 1.807) is 34.1 Å². The van der Waals surface area contributed by atoms with Gasteiger partial charge in [0, 0.05) is 31.7 Å². The lowest BCUT2D eigenvalue weighted by molar-refractivity contribution is -0.134. The van der Waals surface area contributed by atoms with Gasteiger partial charge in [-0.15, -0.1) is 0 Å². The van der Waals surface area contributed by atoms with Gasteiger partial charge in [-0.05, 0) is 56.7 Å². The topological polar surface area (TPSA) is 59.1 Å². The molecule has 29 heavy (non-hydrogen) atoms. The Morgan fingerprint density at radius 3 is 2.17 bits per heavy atom.